The molecule has 0 N–H and O–H groups in total. The summed E-state index contributed by atoms with van der Waals surface area (Å²) < 4.78 is 32.5. The van der Waals surface area contributed by atoms with Crippen LogP contribution in [-0.4, -0.2) is 44.4 Å². The fraction of sp³-hybridized carbons (Fsp3) is 0.455. The van der Waals surface area contributed by atoms with Crippen LogP contribution in [0.1, 0.15) is 0 Å². The van der Waals surface area contributed by atoms with Crippen LogP contribution in [0.4, 0.5) is 0 Å². The molecule has 1 aliphatic rings. The molecule has 0 saturated carbocycles. The van der Waals surface area contributed by atoms with Crippen molar-refractivity contribution in [1.82, 2.24) is 4.31 Å². The van der Waals surface area contributed by atoms with E-state index < -0.39 is 10.0 Å². The number of rotatable bonds is 3. The zero-order chi connectivity index (χ0) is 14.0. The van der Waals surface area contributed by atoms with Crippen molar-refractivity contribution in [2.24, 2.45) is 0 Å². The second kappa shape index (κ2) is 6.28. The van der Waals surface area contributed by atoms with Crippen LogP contribution < -0.4 is 0 Å². The number of nitrogens with zero attached hydrogens (tertiary/aromatic N) is 1. The van der Waals surface area contributed by atoms with Gasteiger partial charge in [-0.05, 0) is 18.2 Å². The molecule has 106 valence electrons. The number of halogens is 3. The lowest BCUT2D eigenvalue weighted by Gasteiger charge is -2.31. The van der Waals surface area contributed by atoms with E-state index in [9.17, 15) is 8.42 Å². The van der Waals surface area contributed by atoms with E-state index in [4.69, 9.17) is 27.9 Å². The van der Waals surface area contributed by atoms with Gasteiger partial charge in [0, 0.05) is 23.4 Å². The van der Waals surface area contributed by atoms with E-state index in [1.165, 1.54) is 10.4 Å². The van der Waals surface area contributed by atoms with E-state index in [-0.39, 0.29) is 28.4 Å². The van der Waals surface area contributed by atoms with E-state index in [1.54, 1.807) is 12.1 Å². The standard InChI is InChI=1S/C11H12BrCl2NO3S/c12-8-1-2-11(10(14)5-8)19(16,17)15-3-4-18-9(6-13)7-15/h1-2,5,9H,3-4,6-7H2. The van der Waals surface area contributed by atoms with Gasteiger partial charge in [0.1, 0.15) is 4.90 Å². The van der Waals surface area contributed by atoms with E-state index in [0.29, 0.717) is 13.2 Å². The number of alkyl halides is 1. The van der Waals surface area contributed by atoms with Crippen molar-refractivity contribution in [1.29, 1.82) is 0 Å². The van der Waals surface area contributed by atoms with Gasteiger partial charge in [0.25, 0.3) is 0 Å². The highest BCUT2D eigenvalue weighted by molar-refractivity contribution is 9.10. The molecule has 0 spiro atoms. The third kappa shape index (κ3) is 3.43. The monoisotopic (exact) mass is 387 g/mol. The lowest BCUT2D eigenvalue weighted by Crippen LogP contribution is -2.46. The Hall–Kier alpha value is 0.150. The Morgan fingerprint density at radius 1 is 1.47 bits per heavy atom. The summed E-state index contributed by atoms with van der Waals surface area (Å²) in [5, 5.41) is 0.197. The van der Waals surface area contributed by atoms with Crippen molar-refractivity contribution in [2.75, 3.05) is 25.6 Å². The molecule has 0 radical (unpaired) electrons. The molecule has 0 aromatic heterocycles. The molecule has 8 heteroatoms. The highest BCUT2D eigenvalue weighted by atomic mass is 79.9. The van der Waals surface area contributed by atoms with Gasteiger partial charge in [0.05, 0.1) is 17.7 Å². The second-order valence-electron chi connectivity index (χ2n) is 4.08. The largest absolute Gasteiger partial charge is 0.374 e. The van der Waals surface area contributed by atoms with Gasteiger partial charge in [-0.2, -0.15) is 4.31 Å². The maximum Gasteiger partial charge on any atom is 0.244 e. The minimum Gasteiger partial charge on any atom is -0.374 e. The highest BCUT2D eigenvalue weighted by Gasteiger charge is 2.31. The van der Waals surface area contributed by atoms with Crippen molar-refractivity contribution in [2.45, 2.75) is 11.0 Å². The summed E-state index contributed by atoms with van der Waals surface area (Å²) in [5.41, 5.74) is 0. The van der Waals surface area contributed by atoms with E-state index >= 15 is 0 Å². The van der Waals surface area contributed by atoms with Crippen molar-refractivity contribution >= 4 is 49.2 Å². The molecular formula is C11H12BrCl2NO3S. The average Bonchev–Trinajstić information content (AvgIpc) is 2.38. The molecule has 1 atom stereocenters. The van der Waals surface area contributed by atoms with Crippen molar-refractivity contribution in [3.63, 3.8) is 0 Å². The van der Waals surface area contributed by atoms with Crippen LogP contribution in [0.5, 0.6) is 0 Å². The van der Waals surface area contributed by atoms with E-state index in [2.05, 4.69) is 15.9 Å². The molecule has 2 rings (SSSR count). The Morgan fingerprint density at radius 3 is 2.84 bits per heavy atom. The van der Waals surface area contributed by atoms with Crippen molar-refractivity contribution in [3.05, 3.63) is 27.7 Å². The lowest BCUT2D eigenvalue weighted by molar-refractivity contribution is 0.0122. The smallest absolute Gasteiger partial charge is 0.244 e. The number of hydrogen-bond donors (Lipinski definition) is 0. The summed E-state index contributed by atoms with van der Waals surface area (Å²) in [7, 11) is -3.61. The molecule has 1 fully saturated rings. The first-order chi connectivity index (χ1) is 8.95. The van der Waals surface area contributed by atoms with E-state index in [1.807, 2.05) is 0 Å². The van der Waals surface area contributed by atoms with Crippen LogP contribution in [0, 0.1) is 0 Å². The van der Waals surface area contributed by atoms with Crippen LogP contribution in [0.2, 0.25) is 5.02 Å². The molecule has 19 heavy (non-hydrogen) atoms. The van der Waals surface area contributed by atoms with Crippen LogP contribution in [-0.2, 0) is 14.8 Å². The summed E-state index contributed by atoms with van der Waals surface area (Å²) in [6.45, 7) is 0.894. The summed E-state index contributed by atoms with van der Waals surface area (Å²) >= 11 is 15.0. The van der Waals surface area contributed by atoms with Crippen LogP contribution in [0.15, 0.2) is 27.6 Å². The Balaban J connectivity index is 2.31. The summed E-state index contributed by atoms with van der Waals surface area (Å²) in [6.07, 6.45) is -0.278. The first-order valence-corrected chi connectivity index (χ1v) is 8.72. The molecule has 0 aliphatic carbocycles. The molecule has 4 nitrogen and oxygen atoms in total. The van der Waals surface area contributed by atoms with Gasteiger partial charge in [-0.25, -0.2) is 8.42 Å². The number of morpholine rings is 1. The van der Waals surface area contributed by atoms with Gasteiger partial charge in [-0.1, -0.05) is 27.5 Å². The molecule has 0 bridgehead atoms. The van der Waals surface area contributed by atoms with Crippen molar-refractivity contribution in [3.8, 4) is 0 Å². The number of benzene rings is 1. The molecular weight excluding hydrogens is 377 g/mol. The Labute approximate surface area is 130 Å². The zero-order valence-electron chi connectivity index (χ0n) is 9.85. The Bertz CT molecular complexity index is 567. The maximum atomic E-state index is 12.5. The van der Waals surface area contributed by atoms with Gasteiger partial charge in [0.2, 0.25) is 10.0 Å². The fourth-order valence-corrected chi connectivity index (χ4v) is 4.48. The summed E-state index contributed by atoms with van der Waals surface area (Å²) in [5.74, 6) is 0.264. The van der Waals surface area contributed by atoms with Gasteiger partial charge >= 0.3 is 0 Å². The normalized spacial score (nSPS) is 21.5. The van der Waals surface area contributed by atoms with Crippen LogP contribution >= 0.6 is 39.1 Å². The number of sulfonamides is 1. The Morgan fingerprint density at radius 2 is 2.21 bits per heavy atom. The van der Waals surface area contributed by atoms with Crippen LogP contribution in [0.3, 0.4) is 0 Å². The number of hydrogen-bond acceptors (Lipinski definition) is 3. The number of ether oxygens (including phenoxy) is 1. The molecule has 0 amide bonds. The predicted octanol–water partition coefficient (Wildman–Crippen LogP) is 2.73. The third-order valence-corrected chi connectivity index (χ3v) is 5.97. The first-order valence-electron chi connectivity index (χ1n) is 5.58. The maximum absolute atomic E-state index is 12.5. The van der Waals surface area contributed by atoms with Gasteiger partial charge in [-0.3, -0.25) is 0 Å². The molecule has 1 aromatic rings. The quantitative estimate of drug-likeness (QED) is 0.748. The fourth-order valence-electron chi connectivity index (χ4n) is 1.83. The summed E-state index contributed by atoms with van der Waals surface area (Å²) in [4.78, 5) is 0.104. The van der Waals surface area contributed by atoms with Crippen molar-refractivity contribution < 1.29 is 13.2 Å². The summed E-state index contributed by atoms with van der Waals surface area (Å²) in [6, 6.07) is 4.71. The molecule has 1 saturated heterocycles. The SMILES string of the molecule is O=S(=O)(c1ccc(Br)cc1Cl)N1CCOC(CCl)C1. The lowest BCUT2D eigenvalue weighted by atomic mass is 10.3. The Kier molecular flexibility index (Phi) is 5.14. The van der Waals surface area contributed by atoms with Gasteiger partial charge in [0.15, 0.2) is 0 Å². The minimum absolute atomic E-state index is 0.104. The highest BCUT2D eigenvalue weighted by Crippen LogP contribution is 2.28. The average molecular weight is 389 g/mol. The third-order valence-electron chi connectivity index (χ3n) is 2.79. The zero-order valence-corrected chi connectivity index (χ0v) is 13.8. The van der Waals surface area contributed by atoms with Gasteiger partial charge < -0.3 is 4.74 Å². The molecule has 1 unspecified atom stereocenters. The molecule has 1 aromatic carbocycles. The van der Waals surface area contributed by atoms with E-state index in [0.717, 1.165) is 4.47 Å². The minimum atomic E-state index is -3.61. The molecule has 1 heterocycles. The first kappa shape index (κ1) is 15.5. The molecule has 1 aliphatic heterocycles. The van der Waals surface area contributed by atoms with Crippen LogP contribution in [0.25, 0.3) is 0 Å². The van der Waals surface area contributed by atoms with Gasteiger partial charge in [-0.15, -0.1) is 11.6 Å². The topological polar surface area (TPSA) is 46.6 Å². The predicted molar refractivity (Wildman–Crippen MR) is 78.4 cm³/mol. The second-order valence-corrected chi connectivity index (χ2v) is 7.62.